The topological polar surface area (TPSA) is 97.1 Å². The van der Waals surface area contributed by atoms with Crippen molar-refractivity contribution in [2.75, 3.05) is 6.61 Å². The van der Waals surface area contributed by atoms with Gasteiger partial charge in [0.05, 0.1) is 11.8 Å². The van der Waals surface area contributed by atoms with Crippen molar-refractivity contribution in [1.82, 2.24) is 14.9 Å². The highest BCUT2D eigenvalue weighted by molar-refractivity contribution is 8.15. The van der Waals surface area contributed by atoms with Crippen LogP contribution in [-0.4, -0.2) is 32.5 Å². The summed E-state index contributed by atoms with van der Waals surface area (Å²) in [6, 6.07) is 9.08. The number of ether oxygens (including phenoxy) is 1. The molecule has 9 heteroatoms. The number of carbonyl (C=O) groups excluding carboxylic acids is 1. The fourth-order valence-electron chi connectivity index (χ4n) is 2.93. The number of nitrogens with one attached hydrogen (secondary N) is 2. The number of rotatable bonds is 7. The van der Waals surface area contributed by atoms with Crippen molar-refractivity contribution < 1.29 is 9.53 Å². The fourth-order valence-corrected chi connectivity index (χ4v) is 3.82. The van der Waals surface area contributed by atoms with E-state index in [1.807, 2.05) is 38.1 Å². The van der Waals surface area contributed by atoms with Gasteiger partial charge in [-0.15, -0.1) is 12.4 Å². The molecule has 150 valence electrons. The lowest BCUT2D eigenvalue weighted by atomic mass is 10.1. The average Bonchev–Trinajstić information content (AvgIpc) is 2.95. The number of thioether (sulfide) groups is 1. The molecule has 28 heavy (non-hydrogen) atoms. The minimum atomic E-state index is -0.252. The molecule has 2 heterocycles. The quantitative estimate of drug-likeness (QED) is 0.713. The number of amides is 1. The molecule has 0 saturated carbocycles. The van der Waals surface area contributed by atoms with Crippen LogP contribution < -0.4 is 15.6 Å². The van der Waals surface area contributed by atoms with Gasteiger partial charge in [-0.3, -0.25) is 19.6 Å². The summed E-state index contributed by atoms with van der Waals surface area (Å²) in [5, 5.41) is 9.96. The van der Waals surface area contributed by atoms with Gasteiger partial charge < -0.3 is 10.1 Å². The van der Waals surface area contributed by atoms with Gasteiger partial charge in [0.2, 0.25) is 5.91 Å². The fraction of sp³-hybridized carbons (Fsp3) is 0.368. The standard InChI is InChI=1S/C19H22N4O3S.ClH/c1-3-16-21-12(2)10-17(24)23(16)8-9-26-14-6-4-13(5-7-14)11-15-18(25)22-19(20)27-15;/h4-7,10,15H,3,8-9,11H2,1-2H3,(H2,20,22,25);1H. The Labute approximate surface area is 173 Å². The molecule has 1 unspecified atom stereocenters. The van der Waals surface area contributed by atoms with Gasteiger partial charge in [-0.25, -0.2) is 4.98 Å². The van der Waals surface area contributed by atoms with Crippen molar-refractivity contribution in [2.24, 2.45) is 0 Å². The van der Waals surface area contributed by atoms with Crippen LogP contribution in [0.3, 0.4) is 0 Å². The highest BCUT2D eigenvalue weighted by Gasteiger charge is 2.29. The van der Waals surface area contributed by atoms with Gasteiger partial charge in [0.15, 0.2) is 5.17 Å². The Bertz CT molecular complexity index is 914. The highest BCUT2D eigenvalue weighted by atomic mass is 35.5. The van der Waals surface area contributed by atoms with E-state index < -0.39 is 0 Å². The highest BCUT2D eigenvalue weighted by Crippen LogP contribution is 2.23. The lowest BCUT2D eigenvalue weighted by molar-refractivity contribution is -0.118. The second-order valence-corrected chi connectivity index (χ2v) is 7.49. The zero-order valence-corrected chi connectivity index (χ0v) is 17.4. The number of aromatic nitrogens is 2. The largest absolute Gasteiger partial charge is 0.492 e. The summed E-state index contributed by atoms with van der Waals surface area (Å²) in [5.74, 6) is 1.35. The van der Waals surface area contributed by atoms with Crippen molar-refractivity contribution in [3.05, 3.63) is 57.8 Å². The van der Waals surface area contributed by atoms with E-state index in [0.29, 0.717) is 31.7 Å². The lowest BCUT2D eigenvalue weighted by Crippen LogP contribution is -2.27. The Morgan fingerprint density at radius 3 is 2.61 bits per heavy atom. The zero-order chi connectivity index (χ0) is 19.4. The van der Waals surface area contributed by atoms with Crippen molar-refractivity contribution in [3.8, 4) is 5.75 Å². The van der Waals surface area contributed by atoms with E-state index in [9.17, 15) is 9.59 Å². The van der Waals surface area contributed by atoms with Gasteiger partial charge in [-0.2, -0.15) is 0 Å². The minimum absolute atomic E-state index is 0. The molecular weight excluding hydrogens is 400 g/mol. The summed E-state index contributed by atoms with van der Waals surface area (Å²) >= 11 is 1.24. The lowest BCUT2D eigenvalue weighted by Gasteiger charge is -2.13. The van der Waals surface area contributed by atoms with E-state index in [2.05, 4.69) is 10.3 Å². The number of benzene rings is 1. The molecule has 0 spiro atoms. The number of halogens is 1. The number of hydrogen-bond acceptors (Lipinski definition) is 6. The average molecular weight is 423 g/mol. The molecule has 3 rings (SSSR count). The molecule has 2 N–H and O–H groups in total. The molecule has 7 nitrogen and oxygen atoms in total. The Kier molecular flexibility index (Phi) is 7.65. The van der Waals surface area contributed by atoms with Crippen LogP contribution in [0.2, 0.25) is 0 Å². The monoisotopic (exact) mass is 422 g/mol. The van der Waals surface area contributed by atoms with Crippen molar-refractivity contribution in [3.63, 3.8) is 0 Å². The molecule has 1 atom stereocenters. The second kappa shape index (κ2) is 9.75. The molecular formula is C19H23ClN4O3S. The van der Waals surface area contributed by atoms with Crippen LogP contribution in [0.1, 0.15) is 24.0 Å². The van der Waals surface area contributed by atoms with E-state index in [4.69, 9.17) is 10.1 Å². The second-order valence-electron chi connectivity index (χ2n) is 6.28. The van der Waals surface area contributed by atoms with Gasteiger partial charge in [0.1, 0.15) is 18.2 Å². The number of hydrogen-bond donors (Lipinski definition) is 2. The van der Waals surface area contributed by atoms with Crippen molar-refractivity contribution in [2.45, 2.75) is 38.5 Å². The molecule has 2 aromatic rings. The first-order chi connectivity index (χ1) is 13.0. The molecule has 0 aliphatic carbocycles. The Hall–Kier alpha value is -2.32. The Morgan fingerprint density at radius 1 is 1.29 bits per heavy atom. The van der Waals surface area contributed by atoms with Crippen LogP contribution in [0, 0.1) is 12.3 Å². The Balaban J connectivity index is 0.00000280. The van der Waals surface area contributed by atoms with Gasteiger partial charge in [-0.1, -0.05) is 30.8 Å². The van der Waals surface area contributed by atoms with E-state index in [1.165, 1.54) is 17.8 Å². The maximum atomic E-state index is 12.1. The SMILES string of the molecule is CCc1nc(C)cc(=O)n1CCOc1ccc(CC2SC(=N)NC2=O)cc1.Cl. The Morgan fingerprint density at radius 2 is 2.00 bits per heavy atom. The first kappa shape index (κ1) is 22.0. The van der Waals surface area contributed by atoms with Crippen LogP contribution in [0.15, 0.2) is 35.1 Å². The molecule has 1 aliphatic rings. The van der Waals surface area contributed by atoms with Gasteiger partial charge in [0.25, 0.3) is 5.56 Å². The predicted octanol–water partition coefficient (Wildman–Crippen LogP) is 2.32. The number of carbonyl (C=O) groups is 1. The maximum Gasteiger partial charge on any atom is 0.253 e. The van der Waals surface area contributed by atoms with E-state index in [1.54, 1.807) is 4.57 Å². The number of amidine groups is 1. The van der Waals surface area contributed by atoms with Crippen LogP contribution >= 0.6 is 24.2 Å². The van der Waals surface area contributed by atoms with Crippen molar-refractivity contribution >= 4 is 35.2 Å². The number of aryl methyl sites for hydroxylation is 2. The van der Waals surface area contributed by atoms with E-state index in [0.717, 1.165) is 17.1 Å². The molecule has 1 aromatic heterocycles. The summed E-state index contributed by atoms with van der Waals surface area (Å²) in [6.45, 7) is 4.61. The van der Waals surface area contributed by atoms with E-state index >= 15 is 0 Å². The predicted molar refractivity (Wildman–Crippen MR) is 113 cm³/mol. The third kappa shape index (κ3) is 5.36. The van der Waals surface area contributed by atoms with Gasteiger partial charge in [-0.05, 0) is 31.0 Å². The molecule has 0 bridgehead atoms. The maximum absolute atomic E-state index is 12.1. The van der Waals surface area contributed by atoms with Crippen LogP contribution in [0.25, 0.3) is 0 Å². The summed E-state index contributed by atoms with van der Waals surface area (Å²) in [4.78, 5) is 28.2. The number of nitrogens with zero attached hydrogens (tertiary/aromatic N) is 2. The zero-order valence-electron chi connectivity index (χ0n) is 15.7. The third-order valence-electron chi connectivity index (χ3n) is 4.25. The van der Waals surface area contributed by atoms with Crippen LogP contribution in [0.4, 0.5) is 0 Å². The summed E-state index contributed by atoms with van der Waals surface area (Å²) < 4.78 is 7.40. The summed E-state index contributed by atoms with van der Waals surface area (Å²) in [5.41, 5.74) is 1.68. The molecule has 1 amide bonds. The van der Waals surface area contributed by atoms with Gasteiger partial charge >= 0.3 is 0 Å². The van der Waals surface area contributed by atoms with Crippen LogP contribution in [-0.2, 0) is 24.2 Å². The van der Waals surface area contributed by atoms with Crippen molar-refractivity contribution in [1.29, 1.82) is 5.41 Å². The molecule has 1 saturated heterocycles. The normalized spacial score (nSPS) is 15.9. The molecule has 0 radical (unpaired) electrons. The first-order valence-corrected chi connectivity index (χ1v) is 9.69. The molecule has 1 aromatic carbocycles. The van der Waals surface area contributed by atoms with Gasteiger partial charge in [0, 0.05) is 18.2 Å². The minimum Gasteiger partial charge on any atom is -0.492 e. The smallest absolute Gasteiger partial charge is 0.253 e. The van der Waals surface area contributed by atoms with E-state index in [-0.39, 0.29) is 34.3 Å². The summed E-state index contributed by atoms with van der Waals surface area (Å²) in [6.07, 6.45) is 1.26. The molecule has 1 aliphatic heterocycles. The first-order valence-electron chi connectivity index (χ1n) is 8.81. The van der Waals surface area contributed by atoms with Crippen LogP contribution in [0.5, 0.6) is 5.75 Å². The summed E-state index contributed by atoms with van der Waals surface area (Å²) in [7, 11) is 0. The molecule has 1 fully saturated rings. The third-order valence-corrected chi connectivity index (χ3v) is 5.25.